The van der Waals surface area contributed by atoms with Gasteiger partial charge in [0.1, 0.15) is 16.6 Å². The second-order valence-corrected chi connectivity index (χ2v) is 5.76. The minimum atomic E-state index is -0.590. The third-order valence-corrected chi connectivity index (χ3v) is 3.86. The van der Waals surface area contributed by atoms with Crippen LogP contribution in [0.2, 0.25) is 10.0 Å². The summed E-state index contributed by atoms with van der Waals surface area (Å²) in [5.74, 6) is -0.155. The summed E-state index contributed by atoms with van der Waals surface area (Å²) in [4.78, 5) is 26.6. The fourth-order valence-electron chi connectivity index (χ4n) is 2.12. The van der Waals surface area contributed by atoms with E-state index in [-0.39, 0.29) is 22.2 Å². The Labute approximate surface area is 146 Å². The lowest BCUT2D eigenvalue weighted by atomic mass is 10.2. The van der Waals surface area contributed by atoms with Crippen LogP contribution in [0.5, 0.6) is 0 Å². The lowest BCUT2D eigenvalue weighted by molar-refractivity contribution is -0.384. The monoisotopic (exact) mass is 361 g/mol. The number of hydrogen-bond acceptors (Lipinski definition) is 4. The molecule has 2 aromatic rings. The van der Waals surface area contributed by atoms with Crippen LogP contribution in [0.1, 0.15) is 11.1 Å². The summed E-state index contributed by atoms with van der Waals surface area (Å²) in [7, 11) is 0. The van der Waals surface area contributed by atoms with Gasteiger partial charge < -0.3 is 5.32 Å². The van der Waals surface area contributed by atoms with E-state index in [0.29, 0.717) is 10.6 Å². The normalized spacial score (nSPS) is 15.3. The van der Waals surface area contributed by atoms with Gasteiger partial charge in [0, 0.05) is 16.7 Å². The lowest BCUT2D eigenvalue weighted by Gasteiger charge is -2.01. The van der Waals surface area contributed by atoms with Gasteiger partial charge >= 0.3 is 0 Å². The third-order valence-electron chi connectivity index (χ3n) is 3.29. The first-order chi connectivity index (χ1) is 11.4. The van der Waals surface area contributed by atoms with Crippen molar-refractivity contribution < 1.29 is 9.72 Å². The Morgan fingerprint density at radius 1 is 1.12 bits per heavy atom. The molecule has 0 atom stereocenters. The molecule has 0 aliphatic carbocycles. The highest BCUT2D eigenvalue weighted by Gasteiger charge is 2.23. The average Bonchev–Trinajstić information content (AvgIpc) is 2.90. The van der Waals surface area contributed by atoms with Gasteiger partial charge in [0.05, 0.1) is 4.92 Å². The Morgan fingerprint density at radius 3 is 2.50 bits per heavy atom. The van der Waals surface area contributed by atoms with Crippen LogP contribution < -0.4 is 5.32 Å². The first-order valence-electron chi connectivity index (χ1n) is 6.75. The van der Waals surface area contributed by atoms with Crippen LogP contribution in [0.3, 0.4) is 0 Å². The van der Waals surface area contributed by atoms with Crippen LogP contribution in [0, 0.1) is 10.1 Å². The number of benzene rings is 2. The van der Waals surface area contributed by atoms with Crippen LogP contribution in [-0.4, -0.2) is 16.7 Å². The molecule has 0 radical (unpaired) electrons. The summed E-state index contributed by atoms with van der Waals surface area (Å²) in [6, 6.07) is 11.1. The van der Waals surface area contributed by atoms with Crippen LogP contribution >= 0.6 is 23.2 Å². The summed E-state index contributed by atoms with van der Waals surface area (Å²) in [5.41, 5.74) is 1.11. The maximum absolute atomic E-state index is 12.0. The number of hydrogen-bond donors (Lipinski definition) is 1. The predicted molar refractivity (Wildman–Crippen MR) is 92.2 cm³/mol. The maximum atomic E-state index is 12.0. The van der Waals surface area contributed by atoms with Crippen molar-refractivity contribution in [2.24, 2.45) is 4.99 Å². The van der Waals surface area contributed by atoms with E-state index in [1.807, 2.05) is 0 Å². The summed E-state index contributed by atoms with van der Waals surface area (Å²) in [6.07, 6.45) is 1.60. The first kappa shape index (κ1) is 16.2. The van der Waals surface area contributed by atoms with Gasteiger partial charge in [-0.1, -0.05) is 35.3 Å². The van der Waals surface area contributed by atoms with Crippen LogP contribution in [0.15, 0.2) is 53.2 Å². The highest BCUT2D eigenvalue weighted by molar-refractivity contribution is 6.33. The van der Waals surface area contributed by atoms with Crippen molar-refractivity contribution in [1.82, 2.24) is 5.32 Å². The van der Waals surface area contributed by atoms with Crippen molar-refractivity contribution >= 4 is 46.7 Å². The van der Waals surface area contributed by atoms with E-state index in [1.165, 1.54) is 12.1 Å². The number of amides is 1. The van der Waals surface area contributed by atoms with Crippen molar-refractivity contribution in [2.75, 3.05) is 0 Å². The minimum absolute atomic E-state index is 0.0191. The quantitative estimate of drug-likeness (QED) is 0.512. The topological polar surface area (TPSA) is 84.6 Å². The van der Waals surface area contributed by atoms with Gasteiger partial charge in [0.25, 0.3) is 11.6 Å². The molecule has 2 aromatic carbocycles. The molecule has 0 fully saturated rings. The number of nitro benzene ring substituents is 1. The van der Waals surface area contributed by atoms with Crippen molar-refractivity contribution in [3.05, 3.63) is 79.4 Å². The number of carbonyl (C=O) groups excluding carboxylic acids is 1. The molecule has 1 amide bonds. The van der Waals surface area contributed by atoms with E-state index in [2.05, 4.69) is 10.3 Å². The highest BCUT2D eigenvalue weighted by atomic mass is 35.5. The van der Waals surface area contributed by atoms with Crippen molar-refractivity contribution in [3.63, 3.8) is 0 Å². The van der Waals surface area contributed by atoms with Gasteiger partial charge in [-0.25, -0.2) is 4.99 Å². The number of nitrogens with zero attached hydrogens (tertiary/aromatic N) is 2. The molecule has 24 heavy (non-hydrogen) atoms. The fraction of sp³-hybridized carbons (Fsp3) is 0. The number of aliphatic imine (C=N–C) groups is 1. The van der Waals surface area contributed by atoms with Gasteiger partial charge in [-0.15, -0.1) is 0 Å². The maximum Gasteiger partial charge on any atom is 0.288 e. The molecule has 1 aliphatic rings. The van der Waals surface area contributed by atoms with Crippen LogP contribution in [0.25, 0.3) is 6.08 Å². The van der Waals surface area contributed by atoms with E-state index < -0.39 is 10.8 Å². The van der Waals surface area contributed by atoms with E-state index in [0.717, 1.165) is 5.56 Å². The number of carbonyl (C=O) groups is 1. The Hall–Kier alpha value is -2.70. The van der Waals surface area contributed by atoms with E-state index in [1.54, 1.807) is 36.4 Å². The molecule has 120 valence electrons. The summed E-state index contributed by atoms with van der Waals surface area (Å²) in [5, 5.41) is 14.2. The third kappa shape index (κ3) is 3.29. The second-order valence-electron chi connectivity index (χ2n) is 4.92. The van der Waals surface area contributed by atoms with Crippen molar-refractivity contribution in [2.45, 2.75) is 0 Å². The van der Waals surface area contributed by atoms with E-state index >= 15 is 0 Å². The minimum Gasteiger partial charge on any atom is -0.305 e. The predicted octanol–water partition coefficient (Wildman–Crippen LogP) is 3.82. The number of nitrogens with one attached hydrogen (secondary N) is 1. The molecule has 0 spiro atoms. The Bertz CT molecular complexity index is 905. The Kier molecular flexibility index (Phi) is 4.33. The second kappa shape index (κ2) is 6.43. The molecule has 0 unspecified atom stereocenters. The molecule has 1 N–H and O–H groups in total. The molecule has 0 saturated heterocycles. The smallest absolute Gasteiger partial charge is 0.288 e. The van der Waals surface area contributed by atoms with Gasteiger partial charge in [0.15, 0.2) is 0 Å². The van der Waals surface area contributed by atoms with E-state index in [9.17, 15) is 14.9 Å². The van der Waals surface area contributed by atoms with Crippen molar-refractivity contribution in [3.8, 4) is 0 Å². The van der Waals surface area contributed by atoms with Gasteiger partial charge in [0.2, 0.25) is 0 Å². The van der Waals surface area contributed by atoms with Crippen LogP contribution in [0.4, 0.5) is 5.69 Å². The molecule has 6 nitrogen and oxygen atoms in total. The van der Waals surface area contributed by atoms with Crippen LogP contribution in [-0.2, 0) is 4.79 Å². The molecular weight excluding hydrogens is 353 g/mol. The highest BCUT2D eigenvalue weighted by Crippen LogP contribution is 2.26. The summed E-state index contributed by atoms with van der Waals surface area (Å²) in [6.45, 7) is 0. The molecule has 0 saturated carbocycles. The zero-order valence-corrected chi connectivity index (χ0v) is 13.5. The zero-order chi connectivity index (χ0) is 17.3. The zero-order valence-electron chi connectivity index (χ0n) is 12.0. The molecule has 0 aromatic heterocycles. The Morgan fingerprint density at radius 2 is 1.83 bits per heavy atom. The SMILES string of the molecule is O=C1NC(c2ccc(Cl)c([N+](=O)[O-])c2)=NC1=Cc1ccc(Cl)cc1. The molecular formula is C16H9Cl2N3O3. The van der Waals surface area contributed by atoms with E-state index in [4.69, 9.17) is 23.2 Å². The lowest BCUT2D eigenvalue weighted by Crippen LogP contribution is -2.24. The number of amidine groups is 1. The summed E-state index contributed by atoms with van der Waals surface area (Å²) >= 11 is 11.6. The molecule has 3 rings (SSSR count). The molecule has 1 heterocycles. The molecule has 1 aliphatic heterocycles. The molecule has 0 bridgehead atoms. The van der Waals surface area contributed by atoms with Gasteiger partial charge in [-0.3, -0.25) is 14.9 Å². The number of rotatable bonds is 3. The largest absolute Gasteiger partial charge is 0.305 e. The average molecular weight is 362 g/mol. The standard InChI is InChI=1S/C16H9Cl2N3O3/c17-11-4-1-9(2-5-11)7-13-16(22)20-15(19-13)10-3-6-12(18)14(8-10)21(23)24/h1-8H,(H,19,20,22). The molecule has 8 heteroatoms. The van der Waals surface area contributed by atoms with Gasteiger partial charge in [-0.05, 0) is 35.9 Å². The fourth-order valence-corrected chi connectivity index (χ4v) is 2.43. The van der Waals surface area contributed by atoms with Gasteiger partial charge in [-0.2, -0.15) is 0 Å². The summed E-state index contributed by atoms with van der Waals surface area (Å²) < 4.78 is 0. The van der Waals surface area contributed by atoms with Crippen molar-refractivity contribution in [1.29, 1.82) is 0 Å². The number of halogens is 2. The first-order valence-corrected chi connectivity index (χ1v) is 7.51. The number of nitro groups is 1. The Balaban J connectivity index is 1.96.